The van der Waals surface area contributed by atoms with Crippen molar-refractivity contribution in [2.24, 2.45) is 0 Å². The Morgan fingerprint density at radius 2 is 2.38 bits per heavy atom. The van der Waals surface area contributed by atoms with E-state index < -0.39 is 0 Å². The predicted octanol–water partition coefficient (Wildman–Crippen LogP) is 2.49. The van der Waals surface area contributed by atoms with E-state index in [4.69, 9.17) is 0 Å². The number of allylic oxidation sites excluding steroid dienone is 2. The van der Waals surface area contributed by atoms with Crippen molar-refractivity contribution in [3.8, 4) is 0 Å². The zero-order chi connectivity index (χ0) is 9.52. The number of thiophene rings is 1. The minimum atomic E-state index is -0.338. The summed E-state index contributed by atoms with van der Waals surface area (Å²) in [5, 5.41) is 4.03. The van der Waals surface area contributed by atoms with E-state index in [2.05, 4.69) is 4.74 Å². The van der Waals surface area contributed by atoms with Crippen LogP contribution in [0.3, 0.4) is 0 Å². The fourth-order valence-electron chi connectivity index (χ4n) is 0.739. The van der Waals surface area contributed by atoms with E-state index in [0.717, 1.165) is 5.56 Å². The van der Waals surface area contributed by atoms with Gasteiger partial charge in [0.2, 0.25) is 0 Å². The predicted molar refractivity (Wildman–Crippen MR) is 54.5 cm³/mol. The van der Waals surface area contributed by atoms with Crippen molar-refractivity contribution in [1.29, 1.82) is 0 Å². The molecule has 68 valence electrons. The van der Waals surface area contributed by atoms with E-state index in [9.17, 15) is 4.79 Å². The first-order chi connectivity index (χ1) is 6.33. The van der Waals surface area contributed by atoms with E-state index in [1.165, 1.54) is 13.2 Å². The molecule has 0 saturated carbocycles. The third-order valence-electron chi connectivity index (χ3n) is 1.38. The summed E-state index contributed by atoms with van der Waals surface area (Å²) in [6.07, 6.45) is 6.77. The SMILES string of the molecule is COC(=O)/C=C/C=Cc1ccsc1. The van der Waals surface area contributed by atoms with Crippen LogP contribution in [0, 0.1) is 0 Å². The van der Waals surface area contributed by atoms with Crippen LogP contribution in [-0.4, -0.2) is 13.1 Å². The third kappa shape index (κ3) is 3.71. The van der Waals surface area contributed by atoms with Crippen molar-refractivity contribution in [2.45, 2.75) is 0 Å². The number of ether oxygens (including phenoxy) is 1. The van der Waals surface area contributed by atoms with Crippen molar-refractivity contribution in [1.82, 2.24) is 0 Å². The fourth-order valence-corrected chi connectivity index (χ4v) is 1.37. The molecule has 0 aliphatic rings. The van der Waals surface area contributed by atoms with Crippen LogP contribution in [0.2, 0.25) is 0 Å². The summed E-state index contributed by atoms with van der Waals surface area (Å²) < 4.78 is 4.43. The molecule has 0 amide bonds. The standard InChI is InChI=1S/C10H10O2S/c1-12-10(11)5-3-2-4-9-6-7-13-8-9/h2-8H,1H3/b4-2?,5-3+. The molecule has 13 heavy (non-hydrogen) atoms. The first kappa shape index (κ1) is 9.74. The molecule has 0 spiro atoms. The Morgan fingerprint density at radius 1 is 1.54 bits per heavy atom. The van der Waals surface area contributed by atoms with Gasteiger partial charge in [0.1, 0.15) is 0 Å². The Morgan fingerprint density at radius 3 is 3.00 bits per heavy atom. The van der Waals surface area contributed by atoms with Gasteiger partial charge in [0, 0.05) is 6.08 Å². The molecule has 0 aromatic carbocycles. The highest BCUT2D eigenvalue weighted by molar-refractivity contribution is 7.08. The van der Waals surface area contributed by atoms with E-state index in [1.54, 1.807) is 23.5 Å². The van der Waals surface area contributed by atoms with Gasteiger partial charge < -0.3 is 4.74 Å². The lowest BCUT2D eigenvalue weighted by Gasteiger charge is -1.86. The van der Waals surface area contributed by atoms with Gasteiger partial charge in [-0.1, -0.05) is 18.2 Å². The zero-order valence-corrected chi connectivity index (χ0v) is 8.08. The molecule has 0 saturated heterocycles. The van der Waals surface area contributed by atoms with Crippen LogP contribution >= 0.6 is 11.3 Å². The lowest BCUT2D eigenvalue weighted by molar-refractivity contribution is -0.134. The van der Waals surface area contributed by atoms with Crippen LogP contribution in [0.1, 0.15) is 5.56 Å². The van der Waals surface area contributed by atoms with Crippen LogP contribution in [-0.2, 0) is 9.53 Å². The number of hydrogen-bond acceptors (Lipinski definition) is 3. The molecular weight excluding hydrogens is 184 g/mol. The third-order valence-corrected chi connectivity index (χ3v) is 2.08. The van der Waals surface area contributed by atoms with Crippen LogP contribution in [0.15, 0.2) is 35.1 Å². The van der Waals surface area contributed by atoms with Gasteiger partial charge in [-0.3, -0.25) is 0 Å². The van der Waals surface area contributed by atoms with Crippen molar-refractivity contribution in [2.75, 3.05) is 7.11 Å². The first-order valence-corrected chi connectivity index (χ1v) is 4.72. The topological polar surface area (TPSA) is 26.3 Å². The highest BCUT2D eigenvalue weighted by Gasteiger charge is 1.87. The van der Waals surface area contributed by atoms with Crippen LogP contribution < -0.4 is 0 Å². The fraction of sp³-hybridized carbons (Fsp3) is 0.100. The second kappa shape index (κ2) is 5.32. The molecule has 3 heteroatoms. The number of hydrogen-bond donors (Lipinski definition) is 0. The number of carbonyl (C=O) groups excluding carboxylic acids is 1. The number of carbonyl (C=O) groups is 1. The maximum atomic E-state index is 10.6. The average molecular weight is 194 g/mol. The molecule has 1 heterocycles. The molecule has 1 rings (SSSR count). The van der Waals surface area contributed by atoms with Gasteiger partial charge in [-0.15, -0.1) is 0 Å². The quantitative estimate of drug-likeness (QED) is 0.420. The maximum Gasteiger partial charge on any atom is 0.330 e. The largest absolute Gasteiger partial charge is 0.466 e. The summed E-state index contributed by atoms with van der Waals surface area (Å²) >= 11 is 1.64. The van der Waals surface area contributed by atoms with Gasteiger partial charge in [-0.25, -0.2) is 4.79 Å². The maximum absolute atomic E-state index is 10.6. The van der Waals surface area contributed by atoms with Crippen molar-refractivity contribution in [3.05, 3.63) is 40.6 Å². The smallest absolute Gasteiger partial charge is 0.330 e. The van der Waals surface area contributed by atoms with E-state index in [-0.39, 0.29) is 5.97 Å². The van der Waals surface area contributed by atoms with Gasteiger partial charge >= 0.3 is 5.97 Å². The Balaban J connectivity index is 2.42. The molecule has 0 fully saturated rings. The molecule has 0 unspecified atom stereocenters. The van der Waals surface area contributed by atoms with Crippen molar-refractivity contribution >= 4 is 23.4 Å². The minimum Gasteiger partial charge on any atom is -0.466 e. The molecule has 1 aromatic rings. The zero-order valence-electron chi connectivity index (χ0n) is 7.27. The average Bonchev–Trinajstić information content (AvgIpc) is 2.64. The number of rotatable bonds is 3. The van der Waals surface area contributed by atoms with Crippen LogP contribution in [0.25, 0.3) is 6.08 Å². The summed E-state index contributed by atoms with van der Waals surface area (Å²) in [4.78, 5) is 10.6. The lowest BCUT2D eigenvalue weighted by atomic mass is 10.3. The summed E-state index contributed by atoms with van der Waals surface area (Å²) in [5.41, 5.74) is 1.14. The second-order valence-corrected chi connectivity index (χ2v) is 3.08. The highest BCUT2D eigenvalue weighted by Crippen LogP contribution is 2.07. The van der Waals surface area contributed by atoms with Gasteiger partial charge in [0.05, 0.1) is 7.11 Å². The normalized spacial score (nSPS) is 11.2. The van der Waals surface area contributed by atoms with Crippen molar-refractivity contribution in [3.63, 3.8) is 0 Å². The molecule has 0 aliphatic heterocycles. The monoisotopic (exact) mass is 194 g/mol. The first-order valence-electron chi connectivity index (χ1n) is 3.78. The van der Waals surface area contributed by atoms with Crippen LogP contribution in [0.5, 0.6) is 0 Å². The molecule has 1 aromatic heterocycles. The summed E-state index contributed by atoms with van der Waals surface area (Å²) in [5.74, 6) is -0.338. The molecular formula is C10H10O2S. The van der Waals surface area contributed by atoms with E-state index in [1.807, 2.05) is 22.9 Å². The Labute approximate surface area is 81.2 Å². The molecule has 0 aliphatic carbocycles. The number of esters is 1. The lowest BCUT2D eigenvalue weighted by Crippen LogP contribution is -1.92. The van der Waals surface area contributed by atoms with Gasteiger partial charge in [-0.05, 0) is 22.4 Å². The Bertz CT molecular complexity index is 310. The molecule has 0 bridgehead atoms. The number of methoxy groups -OCH3 is 1. The molecule has 0 radical (unpaired) electrons. The van der Waals surface area contributed by atoms with E-state index >= 15 is 0 Å². The van der Waals surface area contributed by atoms with Crippen LogP contribution in [0.4, 0.5) is 0 Å². The molecule has 0 N–H and O–H groups in total. The van der Waals surface area contributed by atoms with Gasteiger partial charge in [-0.2, -0.15) is 11.3 Å². The van der Waals surface area contributed by atoms with E-state index in [0.29, 0.717) is 0 Å². The van der Waals surface area contributed by atoms with Gasteiger partial charge in [0.25, 0.3) is 0 Å². The Kier molecular flexibility index (Phi) is 3.99. The molecule has 0 atom stereocenters. The molecule has 2 nitrogen and oxygen atoms in total. The second-order valence-electron chi connectivity index (χ2n) is 2.30. The van der Waals surface area contributed by atoms with Gasteiger partial charge in [0.15, 0.2) is 0 Å². The minimum absolute atomic E-state index is 0.338. The highest BCUT2D eigenvalue weighted by atomic mass is 32.1. The summed E-state index contributed by atoms with van der Waals surface area (Å²) in [7, 11) is 1.36. The summed E-state index contributed by atoms with van der Waals surface area (Å²) in [6.45, 7) is 0. The van der Waals surface area contributed by atoms with Crippen molar-refractivity contribution < 1.29 is 9.53 Å². The Hall–Kier alpha value is -1.35. The summed E-state index contributed by atoms with van der Waals surface area (Å²) in [6, 6.07) is 2.01.